The van der Waals surface area contributed by atoms with E-state index in [0.29, 0.717) is 44.3 Å². The lowest BCUT2D eigenvalue weighted by atomic mass is 10.1. The van der Waals surface area contributed by atoms with E-state index in [9.17, 15) is 9.59 Å². The van der Waals surface area contributed by atoms with Crippen LogP contribution in [0.4, 0.5) is 5.69 Å². The lowest BCUT2D eigenvalue weighted by Crippen LogP contribution is -2.47. The number of amides is 2. The average molecular weight is 596 g/mol. The summed E-state index contributed by atoms with van der Waals surface area (Å²) in [6.07, 6.45) is 2.62. The normalized spacial score (nSPS) is 16.8. The highest BCUT2D eigenvalue weighted by molar-refractivity contribution is 5.98. The van der Waals surface area contributed by atoms with Crippen molar-refractivity contribution in [3.63, 3.8) is 0 Å². The van der Waals surface area contributed by atoms with Crippen molar-refractivity contribution in [2.75, 3.05) is 78.0 Å². The Bertz CT molecular complexity index is 1700. The van der Waals surface area contributed by atoms with E-state index in [2.05, 4.69) is 38.0 Å². The molecule has 7 rings (SSSR count). The summed E-state index contributed by atoms with van der Waals surface area (Å²) in [5.74, 6) is 0.718. The number of piperazine rings is 1. The molecule has 228 valence electrons. The molecule has 3 aliphatic heterocycles. The van der Waals surface area contributed by atoms with Gasteiger partial charge in [0.15, 0.2) is 5.69 Å². The second kappa shape index (κ2) is 11.9. The minimum absolute atomic E-state index is 0.0617. The monoisotopic (exact) mass is 595 g/mol. The largest absolute Gasteiger partial charge is 0.485 e. The summed E-state index contributed by atoms with van der Waals surface area (Å²) in [4.78, 5) is 43.0. The molecule has 3 aliphatic rings. The summed E-state index contributed by atoms with van der Waals surface area (Å²) < 4.78 is 13.7. The van der Waals surface area contributed by atoms with Crippen LogP contribution in [0.25, 0.3) is 16.6 Å². The number of imidazole rings is 1. The van der Waals surface area contributed by atoms with Gasteiger partial charge in [0.2, 0.25) is 0 Å². The van der Waals surface area contributed by atoms with Crippen LogP contribution >= 0.6 is 0 Å². The maximum absolute atomic E-state index is 13.1. The Labute approximate surface area is 256 Å². The van der Waals surface area contributed by atoms with Crippen molar-refractivity contribution >= 4 is 28.4 Å². The molecule has 0 atom stereocenters. The molecule has 0 aliphatic carbocycles. The Balaban J connectivity index is 1.00. The van der Waals surface area contributed by atoms with E-state index in [1.807, 2.05) is 34.9 Å². The van der Waals surface area contributed by atoms with Crippen LogP contribution in [0.2, 0.25) is 0 Å². The number of fused-ring (bicyclic) bond motifs is 4. The quantitative estimate of drug-likeness (QED) is 0.336. The number of hydrogen-bond donors (Lipinski definition) is 0. The molecule has 5 heterocycles. The molecule has 2 saturated heterocycles. The van der Waals surface area contributed by atoms with E-state index in [-0.39, 0.29) is 11.8 Å². The molecule has 11 heteroatoms. The fourth-order valence-electron chi connectivity index (χ4n) is 6.33. The van der Waals surface area contributed by atoms with Crippen molar-refractivity contribution < 1.29 is 19.1 Å². The van der Waals surface area contributed by atoms with Gasteiger partial charge in [-0.05, 0) is 42.3 Å². The summed E-state index contributed by atoms with van der Waals surface area (Å²) in [7, 11) is 3.48. The first kappa shape index (κ1) is 28.3. The van der Waals surface area contributed by atoms with Gasteiger partial charge in [-0.1, -0.05) is 18.2 Å². The highest BCUT2D eigenvalue weighted by Gasteiger charge is 2.29. The van der Waals surface area contributed by atoms with Gasteiger partial charge < -0.3 is 24.2 Å². The fraction of sp³-hybridized carbons (Fsp3) is 0.394. The molecule has 0 unspecified atom stereocenters. The molecule has 2 aromatic carbocycles. The molecule has 0 N–H and O–H groups in total. The predicted octanol–water partition coefficient (Wildman–Crippen LogP) is 2.85. The van der Waals surface area contributed by atoms with Crippen LogP contribution in [0.15, 0.2) is 54.9 Å². The minimum Gasteiger partial charge on any atom is -0.485 e. The third-order valence-corrected chi connectivity index (χ3v) is 8.80. The lowest BCUT2D eigenvalue weighted by Gasteiger charge is -2.36. The number of para-hydroxylation sites is 1. The molecule has 2 fully saturated rings. The van der Waals surface area contributed by atoms with Gasteiger partial charge in [0.25, 0.3) is 11.8 Å². The number of rotatable bonds is 6. The van der Waals surface area contributed by atoms with Crippen LogP contribution in [-0.2, 0) is 17.8 Å². The van der Waals surface area contributed by atoms with Gasteiger partial charge in [0.05, 0.1) is 30.1 Å². The molecular formula is C33H37N7O4. The van der Waals surface area contributed by atoms with Crippen LogP contribution in [0.3, 0.4) is 0 Å². The Morgan fingerprint density at radius 3 is 2.48 bits per heavy atom. The highest BCUT2D eigenvalue weighted by atomic mass is 16.5. The number of hydrogen-bond acceptors (Lipinski definition) is 8. The molecule has 44 heavy (non-hydrogen) atoms. The zero-order chi connectivity index (χ0) is 30.2. The second-order valence-electron chi connectivity index (χ2n) is 11.7. The van der Waals surface area contributed by atoms with E-state index >= 15 is 0 Å². The van der Waals surface area contributed by atoms with Crippen molar-refractivity contribution in [1.82, 2.24) is 29.2 Å². The van der Waals surface area contributed by atoms with Gasteiger partial charge in [0.1, 0.15) is 24.4 Å². The van der Waals surface area contributed by atoms with Gasteiger partial charge in [-0.3, -0.25) is 19.1 Å². The molecule has 0 radical (unpaired) electrons. The zero-order valence-electron chi connectivity index (χ0n) is 25.2. The maximum Gasteiger partial charge on any atom is 0.274 e. The Morgan fingerprint density at radius 1 is 0.909 bits per heavy atom. The number of aromatic nitrogens is 3. The highest BCUT2D eigenvalue weighted by Crippen LogP contribution is 2.35. The second-order valence-corrected chi connectivity index (χ2v) is 11.7. The first-order valence-electron chi connectivity index (χ1n) is 15.2. The summed E-state index contributed by atoms with van der Waals surface area (Å²) in [6.45, 7) is 7.27. The van der Waals surface area contributed by atoms with Gasteiger partial charge in [-0.15, -0.1) is 0 Å². The zero-order valence-corrected chi connectivity index (χ0v) is 25.2. The van der Waals surface area contributed by atoms with Gasteiger partial charge in [-0.2, -0.15) is 0 Å². The van der Waals surface area contributed by atoms with Crippen LogP contribution in [0.1, 0.15) is 32.2 Å². The summed E-state index contributed by atoms with van der Waals surface area (Å²) in [5, 5.41) is 1.07. The number of morpholine rings is 1. The van der Waals surface area contributed by atoms with Crippen LogP contribution < -0.4 is 9.64 Å². The van der Waals surface area contributed by atoms with Crippen molar-refractivity contribution in [3.8, 4) is 11.4 Å². The van der Waals surface area contributed by atoms with Crippen molar-refractivity contribution in [2.45, 2.75) is 13.0 Å². The van der Waals surface area contributed by atoms with Crippen LogP contribution in [0, 0.1) is 0 Å². The van der Waals surface area contributed by atoms with Crippen LogP contribution in [-0.4, -0.2) is 114 Å². The first-order valence-corrected chi connectivity index (χ1v) is 15.2. The number of benzene rings is 2. The molecule has 0 spiro atoms. The van der Waals surface area contributed by atoms with E-state index in [4.69, 9.17) is 9.47 Å². The Kier molecular flexibility index (Phi) is 7.65. The number of carbonyl (C=O) groups is 2. The fourth-order valence-corrected chi connectivity index (χ4v) is 6.33. The number of nitrogens with zero attached hydrogens (tertiary/aromatic N) is 7. The van der Waals surface area contributed by atoms with Gasteiger partial charge >= 0.3 is 0 Å². The molecule has 11 nitrogen and oxygen atoms in total. The number of ether oxygens (including phenoxy) is 2. The first-order chi connectivity index (χ1) is 21.5. The molecular weight excluding hydrogens is 558 g/mol. The third kappa shape index (κ3) is 5.26. The van der Waals surface area contributed by atoms with Gasteiger partial charge in [0, 0.05) is 71.0 Å². The molecule has 2 amide bonds. The van der Waals surface area contributed by atoms with E-state index in [0.717, 1.165) is 78.4 Å². The summed E-state index contributed by atoms with van der Waals surface area (Å²) in [6, 6.07) is 16.2. The maximum atomic E-state index is 13.1. The number of carbonyl (C=O) groups excluding carboxylic acids is 2. The Morgan fingerprint density at radius 2 is 1.68 bits per heavy atom. The summed E-state index contributed by atoms with van der Waals surface area (Å²) in [5.41, 5.74) is 5.81. The summed E-state index contributed by atoms with van der Waals surface area (Å²) >= 11 is 0. The SMILES string of the molecule is CN(C)C(=O)c1ccc2c(N3CCN(CCc4cccc5c4OCc4c(C(=O)N6CCOCC6)ncn4-5)CC3)cccc2n1. The Hall–Kier alpha value is -4.48. The number of pyridine rings is 1. The van der Waals surface area contributed by atoms with Crippen molar-refractivity contribution in [1.29, 1.82) is 0 Å². The molecule has 0 saturated carbocycles. The van der Waals surface area contributed by atoms with Crippen LogP contribution in [0.5, 0.6) is 5.75 Å². The molecule has 2 aromatic heterocycles. The number of anilines is 1. The smallest absolute Gasteiger partial charge is 0.274 e. The lowest BCUT2D eigenvalue weighted by molar-refractivity contribution is 0.0297. The topological polar surface area (TPSA) is 96.3 Å². The van der Waals surface area contributed by atoms with Gasteiger partial charge in [-0.25, -0.2) is 9.97 Å². The van der Waals surface area contributed by atoms with Crippen molar-refractivity contribution in [3.05, 3.63) is 77.5 Å². The molecule has 0 bridgehead atoms. The minimum atomic E-state index is -0.0925. The third-order valence-electron chi connectivity index (χ3n) is 8.80. The van der Waals surface area contributed by atoms with E-state index in [1.165, 1.54) is 0 Å². The predicted molar refractivity (Wildman–Crippen MR) is 167 cm³/mol. The van der Waals surface area contributed by atoms with E-state index < -0.39 is 0 Å². The molecule has 4 aromatic rings. The standard InChI is InChI=1S/C33H37N7O4/c1-36(2)32(41)26-10-9-24-25(35-26)6-4-7-27(24)38-15-13-37(14-16-38)12-11-23-5-3-8-28-31(23)44-21-29-30(34-22-40(28)29)33(42)39-17-19-43-20-18-39/h3-10,22H,11-21H2,1-2H3. The van der Waals surface area contributed by atoms with E-state index in [1.54, 1.807) is 30.2 Å². The van der Waals surface area contributed by atoms with Crippen molar-refractivity contribution in [2.24, 2.45) is 0 Å². The average Bonchev–Trinajstić information content (AvgIpc) is 3.51.